The van der Waals surface area contributed by atoms with Crippen molar-refractivity contribution in [1.29, 1.82) is 0 Å². The summed E-state index contributed by atoms with van der Waals surface area (Å²) in [6.07, 6.45) is 2.70. The monoisotopic (exact) mass is 438 g/mol. The van der Waals surface area contributed by atoms with Crippen LogP contribution < -0.4 is 14.8 Å². The molecule has 0 radical (unpaired) electrons. The molecule has 4 rings (SSSR count). The Kier molecular flexibility index (Phi) is 7.24. The van der Waals surface area contributed by atoms with Crippen molar-refractivity contribution in [3.05, 3.63) is 53.6 Å². The Morgan fingerprint density at radius 1 is 1.22 bits per heavy atom. The molecule has 2 aromatic carbocycles. The lowest BCUT2D eigenvalue weighted by Crippen LogP contribution is -2.38. The first-order valence-electron chi connectivity index (χ1n) is 10.9. The third-order valence-electron chi connectivity index (χ3n) is 5.77. The van der Waals surface area contributed by atoms with Gasteiger partial charge in [0.2, 0.25) is 0 Å². The molecular formula is C24H30N4O4. The van der Waals surface area contributed by atoms with Crippen LogP contribution in [-0.2, 0) is 4.74 Å². The normalized spacial score (nSPS) is 18.6. The van der Waals surface area contributed by atoms with Crippen LogP contribution in [-0.4, -0.2) is 75.6 Å². The maximum Gasteiger partial charge on any atom is 0.255 e. The summed E-state index contributed by atoms with van der Waals surface area (Å²) < 4.78 is 16.8. The van der Waals surface area contributed by atoms with Gasteiger partial charge in [-0.2, -0.15) is 5.10 Å². The Morgan fingerprint density at radius 3 is 2.81 bits per heavy atom. The highest BCUT2D eigenvalue weighted by atomic mass is 16.5. The summed E-state index contributed by atoms with van der Waals surface area (Å²) in [5, 5.41) is 9.30. The lowest BCUT2D eigenvalue weighted by molar-refractivity contribution is 0.0321. The van der Waals surface area contributed by atoms with Gasteiger partial charge in [0, 0.05) is 56.1 Å². The van der Waals surface area contributed by atoms with E-state index >= 15 is 0 Å². The number of rotatable bonds is 8. The standard InChI is InChI=1S/C24H30N4O4/c1-27-22(8-9-25-27)21-17-19(26-24(29)18-4-3-5-20(16-18)30-2)6-7-23(21)32-15-12-28-10-13-31-14-11-28/h3-7,9,16-17,22H,8,10-15H2,1-2H3,(H,26,29). The number of nitrogens with one attached hydrogen (secondary N) is 1. The van der Waals surface area contributed by atoms with Crippen molar-refractivity contribution in [1.82, 2.24) is 9.91 Å². The predicted molar refractivity (Wildman–Crippen MR) is 124 cm³/mol. The summed E-state index contributed by atoms with van der Waals surface area (Å²) in [4.78, 5) is 15.1. The van der Waals surface area contributed by atoms with Gasteiger partial charge in [0.1, 0.15) is 18.1 Å². The Labute approximate surface area is 188 Å². The average Bonchev–Trinajstić information content (AvgIpc) is 3.26. The number of hydrazone groups is 1. The molecule has 2 heterocycles. The first-order valence-corrected chi connectivity index (χ1v) is 10.9. The Bertz CT molecular complexity index is 959. The van der Waals surface area contributed by atoms with E-state index in [0.29, 0.717) is 23.6 Å². The fraction of sp³-hybridized carbons (Fsp3) is 0.417. The predicted octanol–water partition coefficient (Wildman–Crippen LogP) is 3.02. The van der Waals surface area contributed by atoms with Crippen LogP contribution >= 0.6 is 0 Å². The number of hydrogen-bond acceptors (Lipinski definition) is 7. The molecule has 1 amide bonds. The van der Waals surface area contributed by atoms with Crippen molar-refractivity contribution in [2.75, 3.05) is 58.9 Å². The number of hydrogen-bond donors (Lipinski definition) is 1. The van der Waals surface area contributed by atoms with E-state index in [9.17, 15) is 4.79 Å². The van der Waals surface area contributed by atoms with Crippen LogP contribution in [0.1, 0.15) is 28.4 Å². The number of benzene rings is 2. The summed E-state index contributed by atoms with van der Waals surface area (Å²) in [5.74, 6) is 1.28. The SMILES string of the molecule is COc1cccc(C(=O)Nc2ccc(OCCN3CCOCC3)c(C3CC=NN3C)c2)c1. The second-order valence-electron chi connectivity index (χ2n) is 7.86. The molecule has 1 atom stereocenters. The van der Waals surface area contributed by atoms with E-state index in [4.69, 9.17) is 14.2 Å². The molecule has 170 valence electrons. The highest BCUT2D eigenvalue weighted by molar-refractivity contribution is 6.04. The minimum atomic E-state index is -0.188. The van der Waals surface area contributed by atoms with Gasteiger partial charge in [0.25, 0.3) is 5.91 Å². The third kappa shape index (κ3) is 5.38. The van der Waals surface area contributed by atoms with E-state index in [-0.39, 0.29) is 11.9 Å². The Hall–Kier alpha value is -3.10. The fourth-order valence-corrected chi connectivity index (χ4v) is 3.93. The van der Waals surface area contributed by atoms with Crippen molar-refractivity contribution in [3.8, 4) is 11.5 Å². The summed E-state index contributed by atoms with van der Waals surface area (Å²) in [7, 11) is 3.54. The molecule has 2 aliphatic rings. The van der Waals surface area contributed by atoms with Gasteiger partial charge in [-0.25, -0.2) is 0 Å². The summed E-state index contributed by atoms with van der Waals surface area (Å²) in [5.41, 5.74) is 2.27. The molecule has 0 saturated carbocycles. The van der Waals surface area contributed by atoms with Crippen LogP contribution in [0.25, 0.3) is 0 Å². The smallest absolute Gasteiger partial charge is 0.255 e. The van der Waals surface area contributed by atoms with E-state index in [1.54, 1.807) is 25.3 Å². The van der Waals surface area contributed by atoms with Gasteiger partial charge in [0.15, 0.2) is 0 Å². The van der Waals surface area contributed by atoms with Crippen LogP contribution in [0.15, 0.2) is 47.6 Å². The number of anilines is 1. The van der Waals surface area contributed by atoms with Crippen LogP contribution in [0.5, 0.6) is 11.5 Å². The highest BCUT2D eigenvalue weighted by Crippen LogP contribution is 2.35. The van der Waals surface area contributed by atoms with Crippen LogP contribution in [0.3, 0.4) is 0 Å². The summed E-state index contributed by atoms with van der Waals surface area (Å²) in [6, 6.07) is 13.0. The van der Waals surface area contributed by atoms with Gasteiger partial charge < -0.3 is 19.5 Å². The number of nitrogens with zero attached hydrogens (tertiary/aromatic N) is 3. The van der Waals surface area contributed by atoms with Gasteiger partial charge in [-0.15, -0.1) is 0 Å². The van der Waals surface area contributed by atoms with Gasteiger partial charge in [-0.3, -0.25) is 14.7 Å². The van der Waals surface area contributed by atoms with Gasteiger partial charge >= 0.3 is 0 Å². The van der Waals surface area contributed by atoms with Crippen LogP contribution in [0, 0.1) is 0 Å². The number of amides is 1. The first-order chi connectivity index (χ1) is 15.6. The van der Waals surface area contributed by atoms with Crippen molar-refractivity contribution in [3.63, 3.8) is 0 Å². The quantitative estimate of drug-likeness (QED) is 0.683. The zero-order chi connectivity index (χ0) is 22.3. The number of carbonyl (C=O) groups is 1. The number of carbonyl (C=O) groups excluding carboxylic acids is 1. The van der Waals surface area contributed by atoms with Gasteiger partial charge in [-0.1, -0.05) is 6.07 Å². The maximum atomic E-state index is 12.8. The fourth-order valence-electron chi connectivity index (χ4n) is 3.93. The minimum absolute atomic E-state index is 0.0714. The number of methoxy groups -OCH3 is 1. The van der Waals surface area contributed by atoms with Gasteiger partial charge in [-0.05, 0) is 36.4 Å². The van der Waals surface area contributed by atoms with E-state index in [1.165, 1.54) is 0 Å². The molecule has 1 unspecified atom stereocenters. The minimum Gasteiger partial charge on any atom is -0.497 e. The molecule has 1 saturated heterocycles. The lowest BCUT2D eigenvalue weighted by atomic mass is 10.0. The van der Waals surface area contributed by atoms with E-state index in [0.717, 1.165) is 50.6 Å². The van der Waals surface area contributed by atoms with Crippen molar-refractivity contribution in [2.24, 2.45) is 5.10 Å². The zero-order valence-electron chi connectivity index (χ0n) is 18.6. The molecule has 2 aromatic rings. The molecule has 0 aromatic heterocycles. The molecule has 1 fully saturated rings. The molecule has 0 aliphatic carbocycles. The van der Waals surface area contributed by atoms with E-state index < -0.39 is 0 Å². The van der Waals surface area contributed by atoms with Crippen molar-refractivity contribution in [2.45, 2.75) is 12.5 Å². The largest absolute Gasteiger partial charge is 0.497 e. The van der Waals surface area contributed by atoms with Crippen molar-refractivity contribution >= 4 is 17.8 Å². The summed E-state index contributed by atoms with van der Waals surface area (Å²) >= 11 is 0. The molecule has 0 bridgehead atoms. The molecule has 8 nitrogen and oxygen atoms in total. The molecule has 1 N–H and O–H groups in total. The second kappa shape index (κ2) is 10.5. The zero-order valence-corrected chi connectivity index (χ0v) is 18.6. The van der Waals surface area contributed by atoms with Crippen molar-refractivity contribution < 1.29 is 19.0 Å². The van der Waals surface area contributed by atoms with Crippen LogP contribution in [0.2, 0.25) is 0 Å². The summed E-state index contributed by atoms with van der Waals surface area (Å²) in [6.45, 7) is 4.87. The van der Waals surface area contributed by atoms with Crippen LogP contribution in [0.4, 0.5) is 5.69 Å². The third-order valence-corrected chi connectivity index (χ3v) is 5.77. The Morgan fingerprint density at radius 2 is 2.06 bits per heavy atom. The highest BCUT2D eigenvalue weighted by Gasteiger charge is 2.24. The molecule has 8 heteroatoms. The van der Waals surface area contributed by atoms with Gasteiger partial charge in [0.05, 0.1) is 26.4 Å². The van der Waals surface area contributed by atoms with E-state index in [1.807, 2.05) is 42.5 Å². The first kappa shape index (κ1) is 22.1. The maximum absolute atomic E-state index is 12.8. The second-order valence-corrected chi connectivity index (χ2v) is 7.86. The molecule has 32 heavy (non-hydrogen) atoms. The lowest BCUT2D eigenvalue weighted by Gasteiger charge is -2.27. The number of morpholine rings is 1. The molecule has 2 aliphatic heterocycles. The van der Waals surface area contributed by atoms with E-state index in [2.05, 4.69) is 15.3 Å². The Balaban J connectivity index is 1.48. The molecule has 0 spiro atoms. The average molecular weight is 439 g/mol. The topological polar surface area (TPSA) is 75.6 Å². The number of ether oxygens (including phenoxy) is 3. The molecular weight excluding hydrogens is 408 g/mol.